The number of hydrogen-bond acceptors (Lipinski definition) is 6. The third-order valence-electron chi connectivity index (χ3n) is 4.72. The maximum atomic E-state index is 12.4. The molecule has 1 aliphatic heterocycles. The van der Waals surface area contributed by atoms with E-state index in [0.29, 0.717) is 11.4 Å². The molecule has 9 nitrogen and oxygen atoms in total. The number of nitrogens with zero attached hydrogens (tertiary/aromatic N) is 1. The van der Waals surface area contributed by atoms with Gasteiger partial charge in [-0.25, -0.2) is 4.79 Å². The molecule has 1 heterocycles. The van der Waals surface area contributed by atoms with E-state index in [1.807, 2.05) is 0 Å². The summed E-state index contributed by atoms with van der Waals surface area (Å²) in [4.78, 5) is 49.1. The SMILES string of the molecule is COc1ccc(NC(=O)COC(=O)CN2C(=O)NC(C)(C3CC3)C2=O)cc1. The van der Waals surface area contributed by atoms with Crippen LogP contribution in [0.2, 0.25) is 0 Å². The highest BCUT2D eigenvalue weighted by Gasteiger charge is 2.56. The smallest absolute Gasteiger partial charge is 0.326 e. The van der Waals surface area contributed by atoms with Crippen LogP contribution in [-0.2, 0) is 19.1 Å². The summed E-state index contributed by atoms with van der Waals surface area (Å²) in [5.74, 6) is -1.05. The first-order valence-corrected chi connectivity index (χ1v) is 8.57. The predicted octanol–water partition coefficient (Wildman–Crippen LogP) is 0.897. The molecule has 2 aliphatic rings. The van der Waals surface area contributed by atoms with E-state index in [2.05, 4.69) is 10.6 Å². The van der Waals surface area contributed by atoms with Gasteiger partial charge >= 0.3 is 12.0 Å². The molecular weight excluding hydrogens is 354 g/mol. The zero-order valence-electron chi connectivity index (χ0n) is 15.1. The highest BCUT2D eigenvalue weighted by Crippen LogP contribution is 2.42. The molecule has 9 heteroatoms. The average molecular weight is 375 g/mol. The standard InChI is InChI=1S/C18H21N3O6/c1-18(11-3-4-11)16(24)21(17(25)20-18)9-15(23)27-10-14(22)19-12-5-7-13(26-2)8-6-12/h5-8,11H,3-4,9-10H2,1-2H3,(H,19,22)(H,20,25). The summed E-state index contributed by atoms with van der Waals surface area (Å²) >= 11 is 0. The first-order chi connectivity index (χ1) is 12.8. The van der Waals surface area contributed by atoms with Gasteiger partial charge in [-0.05, 0) is 49.9 Å². The largest absolute Gasteiger partial charge is 0.497 e. The number of imide groups is 1. The minimum absolute atomic E-state index is 0.102. The van der Waals surface area contributed by atoms with Crippen LogP contribution < -0.4 is 15.4 Å². The first kappa shape index (κ1) is 18.7. The van der Waals surface area contributed by atoms with E-state index in [-0.39, 0.29) is 5.92 Å². The molecule has 3 rings (SSSR count). The lowest BCUT2D eigenvalue weighted by Crippen LogP contribution is -2.46. The summed E-state index contributed by atoms with van der Waals surface area (Å²) in [5, 5.41) is 5.21. The monoisotopic (exact) mass is 375 g/mol. The molecule has 1 unspecified atom stereocenters. The van der Waals surface area contributed by atoms with Gasteiger partial charge in [0.2, 0.25) is 0 Å². The number of carbonyl (C=O) groups is 4. The number of ether oxygens (including phenoxy) is 2. The predicted molar refractivity (Wildman–Crippen MR) is 94.0 cm³/mol. The Hall–Kier alpha value is -3.10. The number of carbonyl (C=O) groups excluding carboxylic acids is 4. The molecule has 0 radical (unpaired) electrons. The Balaban J connectivity index is 1.47. The summed E-state index contributed by atoms with van der Waals surface area (Å²) in [6.45, 7) is 0.621. The maximum Gasteiger partial charge on any atom is 0.326 e. The number of anilines is 1. The normalized spacial score (nSPS) is 21.6. The van der Waals surface area contributed by atoms with Crippen molar-refractivity contribution in [3.63, 3.8) is 0 Å². The Morgan fingerprint density at radius 1 is 1.26 bits per heavy atom. The fourth-order valence-corrected chi connectivity index (χ4v) is 2.99. The summed E-state index contributed by atoms with van der Waals surface area (Å²) in [6.07, 6.45) is 1.73. The summed E-state index contributed by atoms with van der Waals surface area (Å²) in [6, 6.07) is 6.02. The van der Waals surface area contributed by atoms with Gasteiger partial charge in [0, 0.05) is 5.69 Å². The number of benzene rings is 1. The number of hydrogen-bond donors (Lipinski definition) is 2. The van der Waals surface area contributed by atoms with Crippen molar-refractivity contribution in [2.75, 3.05) is 25.6 Å². The zero-order valence-corrected chi connectivity index (χ0v) is 15.1. The van der Waals surface area contributed by atoms with Crippen LogP contribution in [-0.4, -0.2) is 54.5 Å². The summed E-state index contributed by atoms with van der Waals surface area (Å²) in [7, 11) is 1.53. The van der Waals surface area contributed by atoms with E-state index in [1.54, 1.807) is 31.2 Å². The van der Waals surface area contributed by atoms with Gasteiger partial charge in [0.25, 0.3) is 11.8 Å². The van der Waals surface area contributed by atoms with Gasteiger partial charge in [0.15, 0.2) is 6.61 Å². The van der Waals surface area contributed by atoms with Crippen molar-refractivity contribution in [2.45, 2.75) is 25.3 Å². The zero-order chi connectivity index (χ0) is 19.6. The van der Waals surface area contributed by atoms with Crippen molar-refractivity contribution in [3.05, 3.63) is 24.3 Å². The van der Waals surface area contributed by atoms with Gasteiger partial charge in [-0.15, -0.1) is 0 Å². The fraction of sp³-hybridized carbons (Fsp3) is 0.444. The maximum absolute atomic E-state index is 12.4. The van der Waals surface area contributed by atoms with Crippen LogP contribution in [0.1, 0.15) is 19.8 Å². The Labute approximate surface area is 156 Å². The van der Waals surface area contributed by atoms with E-state index >= 15 is 0 Å². The molecule has 0 bridgehead atoms. The van der Waals surface area contributed by atoms with Gasteiger partial charge in [-0.3, -0.25) is 19.3 Å². The molecule has 1 aliphatic carbocycles. The minimum Gasteiger partial charge on any atom is -0.497 e. The van der Waals surface area contributed by atoms with E-state index in [0.717, 1.165) is 17.7 Å². The van der Waals surface area contributed by atoms with Crippen LogP contribution in [0.25, 0.3) is 0 Å². The van der Waals surface area contributed by atoms with Gasteiger partial charge in [-0.1, -0.05) is 0 Å². The molecule has 1 saturated heterocycles. The van der Waals surface area contributed by atoms with Crippen LogP contribution in [0.15, 0.2) is 24.3 Å². The summed E-state index contributed by atoms with van der Waals surface area (Å²) < 4.78 is 9.89. The number of urea groups is 1. The minimum atomic E-state index is -0.955. The molecule has 4 amide bonds. The van der Waals surface area contributed by atoms with E-state index in [9.17, 15) is 19.2 Å². The molecule has 2 fully saturated rings. The average Bonchev–Trinajstić information content (AvgIpc) is 3.47. The molecule has 1 aromatic carbocycles. The number of rotatable bonds is 7. The van der Waals surface area contributed by atoms with Crippen LogP contribution in [0.3, 0.4) is 0 Å². The Bertz CT molecular complexity index is 774. The molecule has 0 aromatic heterocycles. The number of methoxy groups -OCH3 is 1. The second-order valence-corrected chi connectivity index (χ2v) is 6.74. The van der Waals surface area contributed by atoms with Crippen LogP contribution in [0.5, 0.6) is 5.75 Å². The third-order valence-corrected chi connectivity index (χ3v) is 4.72. The van der Waals surface area contributed by atoms with Crippen LogP contribution in [0.4, 0.5) is 10.5 Å². The Morgan fingerprint density at radius 2 is 1.93 bits per heavy atom. The molecule has 1 aromatic rings. The number of nitrogens with one attached hydrogen (secondary N) is 2. The molecule has 144 valence electrons. The van der Waals surface area contributed by atoms with E-state index < -0.39 is 42.5 Å². The van der Waals surface area contributed by atoms with Gasteiger partial charge in [0.05, 0.1) is 7.11 Å². The second kappa shape index (κ2) is 7.26. The highest BCUT2D eigenvalue weighted by molar-refractivity contribution is 6.09. The van der Waals surface area contributed by atoms with E-state index in [4.69, 9.17) is 9.47 Å². The fourth-order valence-electron chi connectivity index (χ4n) is 2.99. The first-order valence-electron chi connectivity index (χ1n) is 8.57. The van der Waals surface area contributed by atoms with Crippen molar-refractivity contribution in [1.29, 1.82) is 0 Å². The van der Waals surface area contributed by atoms with Crippen molar-refractivity contribution in [1.82, 2.24) is 10.2 Å². The lowest BCUT2D eigenvalue weighted by atomic mass is 9.96. The molecule has 1 atom stereocenters. The van der Waals surface area contributed by atoms with Crippen LogP contribution >= 0.6 is 0 Å². The topological polar surface area (TPSA) is 114 Å². The number of esters is 1. The van der Waals surface area contributed by atoms with Gasteiger partial charge in [0.1, 0.15) is 17.8 Å². The molecular formula is C18H21N3O6. The third kappa shape index (κ3) is 4.02. The Kier molecular flexibility index (Phi) is 5.02. The number of amides is 4. The quantitative estimate of drug-likeness (QED) is 0.541. The highest BCUT2D eigenvalue weighted by atomic mass is 16.5. The molecule has 27 heavy (non-hydrogen) atoms. The second-order valence-electron chi connectivity index (χ2n) is 6.74. The van der Waals surface area contributed by atoms with Crippen molar-refractivity contribution < 1.29 is 28.7 Å². The molecule has 2 N–H and O–H groups in total. The molecule has 0 spiro atoms. The lowest BCUT2D eigenvalue weighted by Gasteiger charge is -2.20. The summed E-state index contributed by atoms with van der Waals surface area (Å²) in [5.41, 5.74) is -0.436. The molecule has 1 saturated carbocycles. The van der Waals surface area contributed by atoms with E-state index in [1.165, 1.54) is 7.11 Å². The van der Waals surface area contributed by atoms with Gasteiger partial charge in [-0.2, -0.15) is 0 Å². The Morgan fingerprint density at radius 3 is 2.52 bits per heavy atom. The van der Waals surface area contributed by atoms with Gasteiger partial charge < -0.3 is 20.1 Å². The lowest BCUT2D eigenvalue weighted by molar-refractivity contribution is -0.150. The van der Waals surface area contributed by atoms with Crippen molar-refractivity contribution in [2.24, 2.45) is 5.92 Å². The van der Waals surface area contributed by atoms with Crippen molar-refractivity contribution in [3.8, 4) is 5.75 Å². The van der Waals surface area contributed by atoms with Crippen molar-refractivity contribution >= 4 is 29.5 Å². The van der Waals surface area contributed by atoms with Crippen LogP contribution in [0, 0.1) is 5.92 Å².